The predicted octanol–water partition coefficient (Wildman–Crippen LogP) is 5.05. The third-order valence-corrected chi connectivity index (χ3v) is 7.07. The van der Waals surface area contributed by atoms with Crippen molar-refractivity contribution < 1.29 is 9.53 Å². The first-order valence-electron chi connectivity index (χ1n) is 10.0. The van der Waals surface area contributed by atoms with Gasteiger partial charge in [0.2, 0.25) is 0 Å². The number of piperidine rings is 3. The van der Waals surface area contributed by atoms with E-state index in [-0.39, 0.29) is 11.9 Å². The molecule has 0 saturated carbocycles. The molecule has 2 aromatic carbocycles. The van der Waals surface area contributed by atoms with Crippen LogP contribution in [0.1, 0.15) is 24.8 Å². The number of rotatable bonds is 3. The quantitative estimate of drug-likeness (QED) is 0.683. The van der Waals surface area contributed by atoms with E-state index in [1.165, 1.54) is 30.2 Å². The van der Waals surface area contributed by atoms with Gasteiger partial charge in [-0.15, -0.1) is 0 Å². The number of esters is 1. The van der Waals surface area contributed by atoms with Crippen molar-refractivity contribution in [1.29, 1.82) is 0 Å². The lowest BCUT2D eigenvalue weighted by Crippen LogP contribution is -2.58. The minimum atomic E-state index is -0.0379. The summed E-state index contributed by atoms with van der Waals surface area (Å²) in [7, 11) is 1.52. The van der Waals surface area contributed by atoms with Gasteiger partial charge in [-0.3, -0.25) is 9.69 Å². The van der Waals surface area contributed by atoms with Gasteiger partial charge >= 0.3 is 5.97 Å². The molecule has 0 amide bonds. The fourth-order valence-corrected chi connectivity index (χ4v) is 5.63. The van der Waals surface area contributed by atoms with Crippen molar-refractivity contribution in [3.63, 3.8) is 0 Å². The number of ether oxygens (including phenoxy) is 1. The maximum absolute atomic E-state index is 12.5. The van der Waals surface area contributed by atoms with Gasteiger partial charge in [0.25, 0.3) is 0 Å². The van der Waals surface area contributed by atoms with Crippen molar-refractivity contribution in [1.82, 2.24) is 4.90 Å². The Morgan fingerprint density at radius 1 is 1.07 bits per heavy atom. The van der Waals surface area contributed by atoms with E-state index in [0.717, 1.165) is 30.0 Å². The smallest absolute Gasteiger partial charge is 0.310 e. The summed E-state index contributed by atoms with van der Waals surface area (Å²) in [5, 5.41) is 0.751. The molecule has 4 heteroatoms. The lowest BCUT2D eigenvalue weighted by Gasteiger charge is -2.50. The van der Waals surface area contributed by atoms with E-state index in [0.29, 0.717) is 18.0 Å². The monoisotopic (exact) mass is 393 g/mol. The van der Waals surface area contributed by atoms with Crippen LogP contribution in [0.15, 0.2) is 54.1 Å². The summed E-state index contributed by atoms with van der Waals surface area (Å²) < 4.78 is 5.16. The van der Waals surface area contributed by atoms with Gasteiger partial charge in [0.15, 0.2) is 0 Å². The normalized spacial score (nSPS) is 31.9. The van der Waals surface area contributed by atoms with E-state index in [9.17, 15) is 4.79 Å². The number of hydrogen-bond donors (Lipinski definition) is 0. The largest absolute Gasteiger partial charge is 0.469 e. The number of fused-ring (bicyclic) bond motifs is 1. The van der Waals surface area contributed by atoms with E-state index < -0.39 is 0 Å². The molecule has 144 valence electrons. The zero-order valence-corrected chi connectivity index (χ0v) is 16.7. The summed E-state index contributed by atoms with van der Waals surface area (Å²) in [4.78, 5) is 15.0. The van der Waals surface area contributed by atoms with Crippen LogP contribution in [0, 0.1) is 11.8 Å². The number of methoxy groups -OCH3 is 1. The summed E-state index contributed by atoms with van der Waals surface area (Å²) in [5.41, 5.74) is 4.91. The van der Waals surface area contributed by atoms with Crippen LogP contribution in [0.5, 0.6) is 0 Å². The molecule has 0 aliphatic carbocycles. The van der Waals surface area contributed by atoms with Gasteiger partial charge in [-0.1, -0.05) is 59.6 Å². The van der Waals surface area contributed by atoms with Gasteiger partial charge in [-0.05, 0) is 54.0 Å². The Labute approximate surface area is 170 Å². The lowest BCUT2D eigenvalue weighted by atomic mass is 9.71. The molecule has 2 aromatic rings. The first-order chi connectivity index (χ1) is 13.6. The molecule has 4 saturated heterocycles. The van der Waals surface area contributed by atoms with Crippen LogP contribution in [-0.4, -0.2) is 36.6 Å². The van der Waals surface area contributed by atoms with Crippen LogP contribution in [0.2, 0.25) is 5.02 Å². The predicted molar refractivity (Wildman–Crippen MR) is 112 cm³/mol. The molecule has 0 aromatic heterocycles. The summed E-state index contributed by atoms with van der Waals surface area (Å²) in [5.74, 6) is 0.284. The lowest BCUT2D eigenvalue weighted by molar-refractivity contribution is -0.153. The maximum atomic E-state index is 12.5. The summed E-state index contributed by atoms with van der Waals surface area (Å²) in [6, 6.07) is 17.6. The third-order valence-electron chi connectivity index (χ3n) is 6.82. The average Bonchev–Trinajstić information content (AvgIpc) is 3.03. The molecular weight excluding hydrogens is 370 g/mol. The van der Waals surface area contributed by atoms with E-state index in [1.807, 2.05) is 24.3 Å². The standard InChI is InChI=1S/C24H24ClNO2/c1-28-24(27)23-21-13-20-10-11-22(23)26(20)14-18(21)12-15-2-4-16(5-3-15)17-6-8-19(25)9-7-17/h2-9,12,20-23H,10-11,13-14H2,1H3/b18-12+/t20-,21+,22+,23-/m0/s1. The first-order valence-corrected chi connectivity index (χ1v) is 10.4. The molecule has 4 aliphatic rings. The molecule has 3 nitrogen and oxygen atoms in total. The van der Waals surface area contributed by atoms with Crippen LogP contribution in [0.25, 0.3) is 17.2 Å². The first kappa shape index (κ1) is 18.0. The highest BCUT2D eigenvalue weighted by atomic mass is 35.5. The maximum Gasteiger partial charge on any atom is 0.310 e. The van der Waals surface area contributed by atoms with Crippen LogP contribution < -0.4 is 0 Å². The highest BCUT2D eigenvalue weighted by Gasteiger charge is 2.55. The number of nitrogens with zero attached hydrogens (tertiary/aromatic N) is 1. The zero-order valence-electron chi connectivity index (χ0n) is 16.0. The summed E-state index contributed by atoms with van der Waals surface area (Å²) >= 11 is 5.99. The molecule has 4 fully saturated rings. The Morgan fingerprint density at radius 2 is 1.75 bits per heavy atom. The summed E-state index contributed by atoms with van der Waals surface area (Å²) in [6.45, 7) is 0.992. The molecule has 6 rings (SSSR count). The second kappa shape index (κ2) is 7.06. The van der Waals surface area contributed by atoms with Gasteiger partial charge in [-0.2, -0.15) is 0 Å². The second-order valence-corrected chi connectivity index (χ2v) is 8.65. The minimum absolute atomic E-state index is 0.00269. The Hall–Kier alpha value is -2.10. The number of benzene rings is 2. The second-order valence-electron chi connectivity index (χ2n) is 8.21. The van der Waals surface area contributed by atoms with Gasteiger partial charge in [0.05, 0.1) is 13.0 Å². The molecule has 1 unspecified atom stereocenters. The number of hydrogen-bond acceptors (Lipinski definition) is 3. The Bertz CT molecular complexity index is 919. The van der Waals surface area contributed by atoms with Crippen molar-refractivity contribution in [2.24, 2.45) is 11.8 Å². The number of carbonyl (C=O) groups excluding carboxylic acids is 1. The van der Waals surface area contributed by atoms with Crippen molar-refractivity contribution in [2.45, 2.75) is 31.3 Å². The van der Waals surface area contributed by atoms with Gasteiger partial charge in [0.1, 0.15) is 0 Å². The van der Waals surface area contributed by atoms with E-state index in [1.54, 1.807) is 0 Å². The SMILES string of the molecule is COC(=O)[C@H]1[C@@H]2C[C@@H]3CC[C@H]1N3C/C2=C\c1ccc(-c2ccc(Cl)cc2)cc1. The summed E-state index contributed by atoms with van der Waals surface area (Å²) in [6.07, 6.45) is 5.73. The molecule has 4 heterocycles. The van der Waals surface area contributed by atoms with Crippen LogP contribution >= 0.6 is 11.6 Å². The zero-order chi connectivity index (χ0) is 19.3. The van der Waals surface area contributed by atoms with E-state index in [4.69, 9.17) is 16.3 Å². The Balaban J connectivity index is 1.41. The van der Waals surface area contributed by atoms with Gasteiger partial charge < -0.3 is 4.74 Å². The fourth-order valence-electron chi connectivity index (χ4n) is 5.51. The fraction of sp³-hybridized carbons (Fsp3) is 0.375. The van der Waals surface area contributed by atoms with Gasteiger partial charge in [-0.25, -0.2) is 0 Å². The van der Waals surface area contributed by atoms with E-state index >= 15 is 0 Å². The Kier molecular flexibility index (Phi) is 4.53. The molecule has 28 heavy (non-hydrogen) atoms. The van der Waals surface area contributed by atoms with Crippen molar-refractivity contribution in [2.75, 3.05) is 13.7 Å². The Morgan fingerprint density at radius 3 is 2.43 bits per heavy atom. The molecule has 4 aliphatic heterocycles. The number of halogens is 1. The molecule has 5 atom stereocenters. The van der Waals surface area contributed by atoms with Gasteiger partial charge in [0, 0.05) is 23.7 Å². The van der Waals surface area contributed by atoms with Crippen molar-refractivity contribution in [3.05, 3.63) is 64.7 Å². The van der Waals surface area contributed by atoms with Crippen LogP contribution in [0.4, 0.5) is 0 Å². The van der Waals surface area contributed by atoms with Crippen molar-refractivity contribution >= 4 is 23.6 Å². The minimum Gasteiger partial charge on any atom is -0.469 e. The van der Waals surface area contributed by atoms with Crippen LogP contribution in [0.3, 0.4) is 0 Å². The average molecular weight is 394 g/mol. The number of carbonyl (C=O) groups is 1. The topological polar surface area (TPSA) is 29.5 Å². The molecule has 0 spiro atoms. The van der Waals surface area contributed by atoms with Crippen molar-refractivity contribution in [3.8, 4) is 11.1 Å². The molecule has 0 radical (unpaired) electrons. The molecule has 4 bridgehead atoms. The molecular formula is C24H24ClNO2. The van der Waals surface area contributed by atoms with Crippen LogP contribution in [-0.2, 0) is 9.53 Å². The third kappa shape index (κ3) is 2.98. The highest BCUT2D eigenvalue weighted by Crippen LogP contribution is 2.50. The molecule has 0 N–H and O–H groups in total. The van der Waals surface area contributed by atoms with E-state index in [2.05, 4.69) is 35.2 Å². The highest BCUT2D eigenvalue weighted by molar-refractivity contribution is 6.30.